The minimum absolute atomic E-state index is 0.565. The van der Waals surface area contributed by atoms with E-state index < -0.39 is 5.76 Å². The molecule has 0 atom stereocenters. The van der Waals surface area contributed by atoms with Crippen LogP contribution in [0.2, 0.25) is 0 Å². The summed E-state index contributed by atoms with van der Waals surface area (Å²) in [5.41, 5.74) is 2.19. The van der Waals surface area contributed by atoms with E-state index in [4.69, 9.17) is 0 Å². The largest absolute Gasteiger partial charge is 0.381 e. The molecule has 1 aromatic heterocycles. The number of alkyl halides is 2. The first kappa shape index (κ1) is 14.4. The predicted molar refractivity (Wildman–Crippen MR) is 87.5 cm³/mol. The van der Waals surface area contributed by atoms with Crippen LogP contribution in [0.25, 0.3) is 10.1 Å². The number of thioether (sulfide) groups is 1. The summed E-state index contributed by atoms with van der Waals surface area (Å²) < 4.78 is 25.8. The molecule has 1 N–H and O–H groups in total. The Morgan fingerprint density at radius 1 is 1.05 bits per heavy atom. The highest BCUT2D eigenvalue weighted by molar-refractivity contribution is 7.99. The van der Waals surface area contributed by atoms with Gasteiger partial charge in [0.05, 0.1) is 0 Å². The lowest BCUT2D eigenvalue weighted by Crippen LogP contribution is -1.98. The van der Waals surface area contributed by atoms with E-state index in [0.717, 1.165) is 12.2 Å². The van der Waals surface area contributed by atoms with Crippen molar-refractivity contribution >= 4 is 38.9 Å². The highest BCUT2D eigenvalue weighted by Gasteiger charge is 2.05. The van der Waals surface area contributed by atoms with Crippen LogP contribution in [0.3, 0.4) is 0 Å². The summed E-state index contributed by atoms with van der Waals surface area (Å²) in [5.74, 6) is -2.37. The first-order valence-electron chi connectivity index (χ1n) is 6.46. The summed E-state index contributed by atoms with van der Waals surface area (Å²) in [6.07, 6.45) is 0. The van der Waals surface area contributed by atoms with E-state index in [0.29, 0.717) is 16.7 Å². The molecule has 0 aliphatic carbocycles. The molecule has 0 amide bonds. The summed E-state index contributed by atoms with van der Waals surface area (Å²) in [4.78, 5) is 0.580. The highest BCUT2D eigenvalue weighted by atomic mass is 32.2. The van der Waals surface area contributed by atoms with E-state index in [1.165, 1.54) is 15.6 Å². The van der Waals surface area contributed by atoms with Crippen molar-refractivity contribution in [2.24, 2.45) is 0 Å². The molecule has 21 heavy (non-hydrogen) atoms. The molecular formula is C16H13F2NS2. The summed E-state index contributed by atoms with van der Waals surface area (Å²) in [5, 5.41) is 6.74. The van der Waals surface area contributed by atoms with Crippen molar-refractivity contribution in [3.05, 3.63) is 59.5 Å². The lowest BCUT2D eigenvalue weighted by molar-refractivity contribution is 0.252. The number of benzene rings is 2. The second-order valence-corrected chi connectivity index (χ2v) is 6.49. The second-order valence-electron chi connectivity index (χ2n) is 4.51. The Morgan fingerprint density at radius 3 is 2.57 bits per heavy atom. The standard InChI is InChI=1S/C16H13F2NS2/c17-16(18)21-13-7-5-12(6-8-13)19-9-11-10-20-15-4-2-1-3-14(11)15/h1-8,10,16,19H,9H2. The third-order valence-corrected chi connectivity index (χ3v) is 4.86. The summed E-state index contributed by atoms with van der Waals surface area (Å²) >= 11 is 2.30. The Labute approximate surface area is 130 Å². The molecule has 0 fully saturated rings. The first-order valence-corrected chi connectivity index (χ1v) is 8.22. The van der Waals surface area contributed by atoms with Gasteiger partial charge in [0.15, 0.2) is 0 Å². The van der Waals surface area contributed by atoms with Gasteiger partial charge in [-0.25, -0.2) is 0 Å². The molecule has 0 radical (unpaired) electrons. The van der Waals surface area contributed by atoms with Crippen molar-refractivity contribution in [1.29, 1.82) is 0 Å². The third-order valence-electron chi connectivity index (χ3n) is 3.12. The van der Waals surface area contributed by atoms with Crippen LogP contribution in [0.1, 0.15) is 5.56 Å². The minimum Gasteiger partial charge on any atom is -0.381 e. The van der Waals surface area contributed by atoms with Crippen molar-refractivity contribution in [3.8, 4) is 0 Å². The van der Waals surface area contributed by atoms with Crippen molar-refractivity contribution in [3.63, 3.8) is 0 Å². The lowest BCUT2D eigenvalue weighted by Gasteiger charge is -2.07. The number of fused-ring (bicyclic) bond motifs is 1. The van der Waals surface area contributed by atoms with Gasteiger partial charge in [0.25, 0.3) is 5.76 Å². The fraction of sp³-hybridized carbons (Fsp3) is 0.125. The van der Waals surface area contributed by atoms with E-state index >= 15 is 0 Å². The molecule has 3 rings (SSSR count). The average Bonchev–Trinajstić information content (AvgIpc) is 2.89. The Kier molecular flexibility index (Phi) is 4.41. The zero-order valence-electron chi connectivity index (χ0n) is 11.1. The zero-order chi connectivity index (χ0) is 14.7. The highest BCUT2D eigenvalue weighted by Crippen LogP contribution is 2.28. The molecule has 5 heteroatoms. The average molecular weight is 321 g/mol. The van der Waals surface area contributed by atoms with Gasteiger partial charge in [0, 0.05) is 21.8 Å². The van der Waals surface area contributed by atoms with Crippen LogP contribution in [-0.4, -0.2) is 5.76 Å². The van der Waals surface area contributed by atoms with Gasteiger partial charge in [-0.05, 0) is 46.7 Å². The smallest absolute Gasteiger partial charge is 0.288 e. The van der Waals surface area contributed by atoms with Gasteiger partial charge in [0.2, 0.25) is 0 Å². The molecule has 0 unspecified atom stereocenters. The normalized spacial score (nSPS) is 11.2. The molecule has 1 nitrogen and oxygen atoms in total. The van der Waals surface area contributed by atoms with Crippen LogP contribution in [0, 0.1) is 0 Å². The molecule has 3 aromatic rings. The van der Waals surface area contributed by atoms with Gasteiger partial charge >= 0.3 is 0 Å². The van der Waals surface area contributed by atoms with Crippen LogP contribution in [0.15, 0.2) is 58.8 Å². The molecule has 0 aliphatic heterocycles. The second kappa shape index (κ2) is 6.45. The quantitative estimate of drug-likeness (QED) is 0.594. The summed E-state index contributed by atoms with van der Waals surface area (Å²) in [7, 11) is 0. The molecule has 0 saturated carbocycles. The van der Waals surface area contributed by atoms with Crippen molar-refractivity contribution in [1.82, 2.24) is 0 Å². The Morgan fingerprint density at radius 2 is 1.81 bits per heavy atom. The number of rotatable bonds is 5. The van der Waals surface area contributed by atoms with Gasteiger partial charge in [-0.2, -0.15) is 8.78 Å². The van der Waals surface area contributed by atoms with Crippen LogP contribution >= 0.6 is 23.1 Å². The van der Waals surface area contributed by atoms with Gasteiger partial charge in [0.1, 0.15) is 0 Å². The maximum absolute atomic E-state index is 12.3. The Hall–Kier alpha value is -1.59. The molecule has 1 heterocycles. The van der Waals surface area contributed by atoms with Crippen LogP contribution in [0.5, 0.6) is 0 Å². The fourth-order valence-corrected chi connectivity index (χ4v) is 3.58. The number of nitrogens with one attached hydrogen (secondary N) is 1. The molecule has 0 saturated heterocycles. The van der Waals surface area contributed by atoms with Crippen molar-refractivity contribution in [2.75, 3.05) is 5.32 Å². The lowest BCUT2D eigenvalue weighted by atomic mass is 10.2. The summed E-state index contributed by atoms with van der Waals surface area (Å²) in [6, 6.07) is 15.4. The predicted octanol–water partition coefficient (Wildman–Crippen LogP) is 5.83. The molecular weight excluding hydrogens is 308 g/mol. The van der Waals surface area contributed by atoms with Crippen LogP contribution in [0.4, 0.5) is 14.5 Å². The molecule has 2 aromatic carbocycles. The van der Waals surface area contributed by atoms with Crippen LogP contribution in [-0.2, 0) is 6.54 Å². The van der Waals surface area contributed by atoms with Crippen molar-refractivity contribution in [2.45, 2.75) is 17.2 Å². The molecule has 0 spiro atoms. The van der Waals surface area contributed by atoms with Crippen molar-refractivity contribution < 1.29 is 8.78 Å². The maximum Gasteiger partial charge on any atom is 0.288 e. The SMILES string of the molecule is FC(F)Sc1ccc(NCc2csc3ccccc23)cc1. The van der Waals surface area contributed by atoms with E-state index in [2.05, 4.69) is 22.8 Å². The van der Waals surface area contributed by atoms with E-state index in [1.54, 1.807) is 23.5 Å². The minimum atomic E-state index is -2.37. The van der Waals surface area contributed by atoms with Gasteiger partial charge in [-0.3, -0.25) is 0 Å². The van der Waals surface area contributed by atoms with Crippen LogP contribution < -0.4 is 5.32 Å². The van der Waals surface area contributed by atoms with E-state index in [9.17, 15) is 8.78 Å². The molecule has 108 valence electrons. The number of hydrogen-bond donors (Lipinski definition) is 1. The number of anilines is 1. The third kappa shape index (κ3) is 3.54. The number of halogens is 2. The topological polar surface area (TPSA) is 12.0 Å². The maximum atomic E-state index is 12.3. The number of thiophene rings is 1. The van der Waals surface area contributed by atoms with Gasteiger partial charge in [-0.1, -0.05) is 30.0 Å². The summed E-state index contributed by atoms with van der Waals surface area (Å²) in [6.45, 7) is 0.728. The monoisotopic (exact) mass is 321 g/mol. The zero-order valence-corrected chi connectivity index (χ0v) is 12.7. The van der Waals surface area contributed by atoms with Gasteiger partial charge in [-0.15, -0.1) is 11.3 Å². The first-order chi connectivity index (χ1) is 10.2. The Bertz CT molecular complexity index is 722. The van der Waals surface area contributed by atoms with E-state index in [1.807, 2.05) is 24.3 Å². The number of hydrogen-bond acceptors (Lipinski definition) is 3. The fourth-order valence-electron chi connectivity index (χ4n) is 2.12. The van der Waals surface area contributed by atoms with Gasteiger partial charge < -0.3 is 5.32 Å². The molecule has 0 aliphatic rings. The molecule has 0 bridgehead atoms. The van der Waals surface area contributed by atoms with E-state index in [-0.39, 0.29) is 0 Å². The Balaban J connectivity index is 1.67.